The number of hydrogen-bond acceptors (Lipinski definition) is 4. The summed E-state index contributed by atoms with van der Waals surface area (Å²) in [5.74, 6) is -0.0401. The minimum Gasteiger partial charge on any atom is -0.364 e. The molecule has 0 aliphatic carbocycles. The van der Waals surface area contributed by atoms with Crippen LogP contribution >= 0.6 is 0 Å². The maximum absolute atomic E-state index is 11.2. The van der Waals surface area contributed by atoms with E-state index in [2.05, 4.69) is 20.3 Å². The fourth-order valence-corrected chi connectivity index (χ4v) is 0.877. The normalized spacial score (nSPS) is 10.5. The van der Waals surface area contributed by atoms with E-state index >= 15 is 0 Å². The summed E-state index contributed by atoms with van der Waals surface area (Å²) in [6.45, 7) is 4.72. The summed E-state index contributed by atoms with van der Waals surface area (Å²) in [6, 6.07) is 2.03. The highest BCUT2D eigenvalue weighted by atomic mass is 16.5. The van der Waals surface area contributed by atoms with Crippen LogP contribution in [0.4, 0.5) is 0 Å². The Kier molecular flexibility index (Phi) is 4.12. The van der Waals surface area contributed by atoms with Gasteiger partial charge in [-0.25, -0.2) is 0 Å². The number of nitrogens with zero attached hydrogens (tertiary/aromatic N) is 1. The molecule has 0 unspecified atom stereocenters. The van der Waals surface area contributed by atoms with Gasteiger partial charge in [0.2, 0.25) is 5.91 Å². The van der Waals surface area contributed by atoms with Crippen LogP contribution < -0.4 is 10.6 Å². The van der Waals surface area contributed by atoms with Crippen molar-refractivity contribution in [2.45, 2.75) is 26.4 Å². The summed E-state index contributed by atoms with van der Waals surface area (Å²) >= 11 is 0. The van der Waals surface area contributed by atoms with Crippen LogP contribution in [0.3, 0.4) is 0 Å². The third-order valence-electron chi connectivity index (χ3n) is 1.63. The SMILES string of the molecule is CC(C)NCC(=O)NCc1ccon1. The first-order chi connectivity index (χ1) is 6.68. The van der Waals surface area contributed by atoms with Crippen molar-refractivity contribution in [1.82, 2.24) is 15.8 Å². The highest BCUT2D eigenvalue weighted by Crippen LogP contribution is 1.92. The van der Waals surface area contributed by atoms with E-state index in [-0.39, 0.29) is 5.91 Å². The van der Waals surface area contributed by atoms with Gasteiger partial charge in [-0.2, -0.15) is 0 Å². The zero-order chi connectivity index (χ0) is 10.4. The Bertz CT molecular complexity index is 270. The first-order valence-electron chi connectivity index (χ1n) is 4.58. The van der Waals surface area contributed by atoms with Crippen molar-refractivity contribution >= 4 is 5.91 Å². The maximum atomic E-state index is 11.2. The van der Waals surface area contributed by atoms with Crippen molar-refractivity contribution in [2.24, 2.45) is 0 Å². The molecule has 5 nitrogen and oxygen atoms in total. The van der Waals surface area contributed by atoms with Crippen molar-refractivity contribution in [3.05, 3.63) is 18.0 Å². The first-order valence-corrected chi connectivity index (χ1v) is 4.58. The number of carbonyl (C=O) groups excluding carboxylic acids is 1. The smallest absolute Gasteiger partial charge is 0.234 e. The minimum atomic E-state index is -0.0401. The van der Waals surface area contributed by atoms with Gasteiger partial charge < -0.3 is 15.2 Å². The average molecular weight is 197 g/mol. The Labute approximate surface area is 82.8 Å². The van der Waals surface area contributed by atoms with Gasteiger partial charge in [-0.05, 0) is 0 Å². The summed E-state index contributed by atoms with van der Waals surface area (Å²) in [5, 5.41) is 9.41. The minimum absolute atomic E-state index is 0.0401. The molecule has 1 amide bonds. The predicted molar refractivity (Wildman–Crippen MR) is 51.5 cm³/mol. The molecule has 1 aromatic rings. The Hall–Kier alpha value is -1.36. The van der Waals surface area contributed by atoms with Gasteiger partial charge in [0.1, 0.15) is 12.0 Å². The quantitative estimate of drug-likeness (QED) is 0.712. The third-order valence-corrected chi connectivity index (χ3v) is 1.63. The molecule has 2 N–H and O–H groups in total. The summed E-state index contributed by atoms with van der Waals surface area (Å²) < 4.78 is 4.63. The van der Waals surface area contributed by atoms with E-state index in [4.69, 9.17) is 0 Å². The molecular formula is C9H15N3O2. The van der Waals surface area contributed by atoms with E-state index in [0.717, 1.165) is 5.69 Å². The Balaban J connectivity index is 2.15. The number of rotatable bonds is 5. The zero-order valence-corrected chi connectivity index (χ0v) is 8.41. The lowest BCUT2D eigenvalue weighted by Gasteiger charge is -2.07. The lowest BCUT2D eigenvalue weighted by Crippen LogP contribution is -2.36. The molecule has 0 saturated heterocycles. The summed E-state index contributed by atoms with van der Waals surface area (Å²) in [6.07, 6.45) is 1.48. The highest BCUT2D eigenvalue weighted by molar-refractivity contribution is 5.77. The molecule has 78 valence electrons. The van der Waals surface area contributed by atoms with Crippen LogP contribution in [0.5, 0.6) is 0 Å². The topological polar surface area (TPSA) is 67.2 Å². The molecule has 0 aromatic carbocycles. The van der Waals surface area contributed by atoms with Crippen LogP contribution in [0.15, 0.2) is 16.9 Å². The molecule has 1 rings (SSSR count). The highest BCUT2D eigenvalue weighted by Gasteiger charge is 2.02. The molecule has 1 aromatic heterocycles. The first kappa shape index (κ1) is 10.7. The van der Waals surface area contributed by atoms with Gasteiger partial charge >= 0.3 is 0 Å². The summed E-state index contributed by atoms with van der Waals surface area (Å²) in [4.78, 5) is 11.2. The van der Waals surface area contributed by atoms with E-state index in [1.807, 2.05) is 13.8 Å². The van der Waals surface area contributed by atoms with Crippen molar-refractivity contribution < 1.29 is 9.32 Å². The lowest BCUT2D eigenvalue weighted by atomic mass is 10.4. The second-order valence-corrected chi connectivity index (χ2v) is 3.30. The number of carbonyl (C=O) groups is 1. The molecule has 0 radical (unpaired) electrons. The maximum Gasteiger partial charge on any atom is 0.234 e. The van der Waals surface area contributed by atoms with Crippen LogP contribution in [0, 0.1) is 0 Å². The summed E-state index contributed by atoms with van der Waals surface area (Å²) in [5.41, 5.74) is 0.725. The van der Waals surface area contributed by atoms with Crippen LogP contribution in [0.1, 0.15) is 19.5 Å². The number of amides is 1. The Morgan fingerprint density at radius 2 is 2.43 bits per heavy atom. The second kappa shape index (κ2) is 5.39. The van der Waals surface area contributed by atoms with Crippen molar-refractivity contribution in [3.8, 4) is 0 Å². The Morgan fingerprint density at radius 1 is 1.64 bits per heavy atom. The third kappa shape index (κ3) is 4.04. The molecule has 0 aliphatic heterocycles. The molecule has 0 fully saturated rings. The van der Waals surface area contributed by atoms with E-state index in [0.29, 0.717) is 19.1 Å². The van der Waals surface area contributed by atoms with Crippen molar-refractivity contribution in [3.63, 3.8) is 0 Å². The molecular weight excluding hydrogens is 182 g/mol. The van der Waals surface area contributed by atoms with Crippen molar-refractivity contribution in [2.75, 3.05) is 6.54 Å². The van der Waals surface area contributed by atoms with E-state index in [1.54, 1.807) is 6.07 Å². The van der Waals surface area contributed by atoms with Crippen LogP contribution in [-0.2, 0) is 11.3 Å². The predicted octanol–water partition coefficient (Wildman–Crippen LogP) is 0.289. The number of hydrogen-bond donors (Lipinski definition) is 2. The van der Waals surface area contributed by atoms with Crippen LogP contribution in [0.2, 0.25) is 0 Å². The van der Waals surface area contributed by atoms with Gasteiger partial charge in [0.25, 0.3) is 0 Å². The summed E-state index contributed by atoms with van der Waals surface area (Å²) in [7, 11) is 0. The zero-order valence-electron chi connectivity index (χ0n) is 8.41. The van der Waals surface area contributed by atoms with Gasteiger partial charge in [-0.3, -0.25) is 4.79 Å². The van der Waals surface area contributed by atoms with Crippen LogP contribution in [0.25, 0.3) is 0 Å². The number of aromatic nitrogens is 1. The fraction of sp³-hybridized carbons (Fsp3) is 0.556. The van der Waals surface area contributed by atoms with E-state index in [1.165, 1.54) is 6.26 Å². The van der Waals surface area contributed by atoms with Crippen LogP contribution in [-0.4, -0.2) is 23.7 Å². The molecule has 1 heterocycles. The van der Waals surface area contributed by atoms with E-state index in [9.17, 15) is 4.79 Å². The Morgan fingerprint density at radius 3 is 3.00 bits per heavy atom. The monoisotopic (exact) mass is 197 g/mol. The van der Waals surface area contributed by atoms with Gasteiger partial charge in [0.15, 0.2) is 0 Å². The van der Waals surface area contributed by atoms with Crippen molar-refractivity contribution in [1.29, 1.82) is 0 Å². The van der Waals surface area contributed by atoms with E-state index < -0.39 is 0 Å². The van der Waals surface area contributed by atoms with Gasteiger partial charge in [-0.15, -0.1) is 0 Å². The van der Waals surface area contributed by atoms with Gasteiger partial charge in [0, 0.05) is 12.1 Å². The molecule has 0 aliphatic rings. The molecule has 0 spiro atoms. The molecule has 0 saturated carbocycles. The number of nitrogens with one attached hydrogen (secondary N) is 2. The van der Waals surface area contributed by atoms with Gasteiger partial charge in [-0.1, -0.05) is 19.0 Å². The fourth-order valence-electron chi connectivity index (χ4n) is 0.877. The molecule has 14 heavy (non-hydrogen) atoms. The van der Waals surface area contributed by atoms with Gasteiger partial charge in [0.05, 0.1) is 13.1 Å². The lowest BCUT2D eigenvalue weighted by molar-refractivity contribution is -0.120. The molecule has 0 bridgehead atoms. The second-order valence-electron chi connectivity index (χ2n) is 3.30. The molecule has 0 atom stereocenters. The molecule has 5 heteroatoms. The largest absolute Gasteiger partial charge is 0.364 e. The standard InChI is InChI=1S/C9H15N3O2/c1-7(2)10-6-9(13)11-5-8-3-4-14-12-8/h3-4,7,10H,5-6H2,1-2H3,(H,11,13). The average Bonchev–Trinajstić information content (AvgIpc) is 2.63.